The number of halogens is 2. The van der Waals surface area contributed by atoms with Gasteiger partial charge in [-0.25, -0.2) is 18.7 Å². The van der Waals surface area contributed by atoms with E-state index in [4.69, 9.17) is 14.7 Å². The SMILES string of the molecule is COc1cc(-c2cccc(F)c2F)cc2c(NC3CCCCC3)nc(-c3cccnc3)nc12. The number of hydrogen-bond donors (Lipinski definition) is 1. The van der Waals surface area contributed by atoms with Crippen LogP contribution in [0.1, 0.15) is 32.1 Å². The smallest absolute Gasteiger partial charge is 0.166 e. The molecular weight excluding hydrogens is 422 g/mol. The zero-order chi connectivity index (χ0) is 22.8. The standard InChI is InChI=1S/C26H24F2N4O/c1-33-22-14-17(19-10-5-11-21(27)23(19)28)13-20-24(22)31-25(16-7-6-12-29-15-16)32-26(20)30-18-8-3-2-4-9-18/h5-7,10-15,18H,2-4,8-9H2,1H3,(H,30,31,32). The molecule has 0 unspecified atom stereocenters. The highest BCUT2D eigenvalue weighted by atomic mass is 19.2. The molecule has 0 radical (unpaired) electrons. The fourth-order valence-electron chi connectivity index (χ4n) is 4.41. The van der Waals surface area contributed by atoms with Crippen molar-refractivity contribution in [2.75, 3.05) is 12.4 Å². The third-order valence-electron chi connectivity index (χ3n) is 6.11. The summed E-state index contributed by atoms with van der Waals surface area (Å²) < 4.78 is 34.2. The van der Waals surface area contributed by atoms with Crippen LogP contribution in [0.15, 0.2) is 54.9 Å². The molecule has 5 rings (SSSR count). The van der Waals surface area contributed by atoms with Gasteiger partial charge in [-0.05, 0) is 48.7 Å². The van der Waals surface area contributed by atoms with Crippen LogP contribution in [0.25, 0.3) is 33.4 Å². The fourth-order valence-corrected chi connectivity index (χ4v) is 4.41. The Morgan fingerprint density at radius 3 is 2.58 bits per heavy atom. The van der Waals surface area contributed by atoms with E-state index < -0.39 is 11.6 Å². The predicted molar refractivity (Wildman–Crippen MR) is 125 cm³/mol. The van der Waals surface area contributed by atoms with Crippen molar-refractivity contribution in [3.63, 3.8) is 0 Å². The molecule has 1 saturated carbocycles. The van der Waals surface area contributed by atoms with Gasteiger partial charge in [0.15, 0.2) is 17.5 Å². The lowest BCUT2D eigenvalue weighted by Gasteiger charge is -2.24. The second kappa shape index (κ2) is 9.10. The van der Waals surface area contributed by atoms with Gasteiger partial charge in [0.2, 0.25) is 0 Å². The van der Waals surface area contributed by atoms with Crippen LogP contribution >= 0.6 is 0 Å². The molecule has 2 aromatic heterocycles. The maximum atomic E-state index is 14.6. The second-order valence-corrected chi connectivity index (χ2v) is 8.29. The number of fused-ring (bicyclic) bond motifs is 1. The lowest BCUT2D eigenvalue weighted by Crippen LogP contribution is -2.23. The van der Waals surface area contributed by atoms with Crippen molar-refractivity contribution in [1.29, 1.82) is 0 Å². The number of ether oxygens (including phenoxy) is 1. The first kappa shape index (κ1) is 21.2. The molecule has 0 saturated heterocycles. The zero-order valence-electron chi connectivity index (χ0n) is 18.3. The fraction of sp³-hybridized carbons (Fsp3) is 0.269. The molecule has 5 nitrogen and oxygen atoms in total. The average molecular weight is 447 g/mol. The van der Waals surface area contributed by atoms with Gasteiger partial charge in [0, 0.05) is 34.9 Å². The molecule has 0 atom stereocenters. The van der Waals surface area contributed by atoms with Gasteiger partial charge in [-0.15, -0.1) is 0 Å². The van der Waals surface area contributed by atoms with Gasteiger partial charge in [0.25, 0.3) is 0 Å². The zero-order valence-corrected chi connectivity index (χ0v) is 18.3. The molecule has 0 aliphatic heterocycles. The minimum absolute atomic E-state index is 0.162. The van der Waals surface area contributed by atoms with E-state index in [0.29, 0.717) is 39.9 Å². The molecule has 2 heterocycles. The van der Waals surface area contributed by atoms with Gasteiger partial charge in [-0.3, -0.25) is 4.98 Å². The Hall–Kier alpha value is -3.61. The number of nitrogens with one attached hydrogen (secondary N) is 1. The first-order valence-electron chi connectivity index (χ1n) is 11.1. The summed E-state index contributed by atoms with van der Waals surface area (Å²) in [6.45, 7) is 0. The number of aromatic nitrogens is 3. The molecule has 1 aliphatic rings. The highest BCUT2D eigenvalue weighted by Crippen LogP contribution is 2.37. The molecule has 4 aromatic rings. The lowest BCUT2D eigenvalue weighted by atomic mass is 9.95. The maximum absolute atomic E-state index is 14.6. The summed E-state index contributed by atoms with van der Waals surface area (Å²) in [5.41, 5.74) is 2.05. The molecule has 7 heteroatoms. The minimum atomic E-state index is -0.895. The van der Waals surface area contributed by atoms with Gasteiger partial charge in [0.1, 0.15) is 17.1 Å². The summed E-state index contributed by atoms with van der Waals surface area (Å²) in [5, 5.41) is 4.30. The molecular formula is C26H24F2N4O. The van der Waals surface area contributed by atoms with E-state index in [2.05, 4.69) is 10.3 Å². The van der Waals surface area contributed by atoms with Gasteiger partial charge < -0.3 is 10.1 Å². The molecule has 2 aromatic carbocycles. The van der Waals surface area contributed by atoms with Gasteiger partial charge in [-0.1, -0.05) is 31.4 Å². The first-order chi connectivity index (χ1) is 16.1. The number of hydrogen-bond acceptors (Lipinski definition) is 5. The third kappa shape index (κ3) is 4.23. The van der Waals surface area contributed by atoms with E-state index in [-0.39, 0.29) is 5.56 Å². The number of methoxy groups -OCH3 is 1. The summed E-state index contributed by atoms with van der Waals surface area (Å²) in [7, 11) is 1.54. The van der Waals surface area contributed by atoms with Crippen molar-refractivity contribution in [1.82, 2.24) is 15.0 Å². The van der Waals surface area contributed by atoms with Crippen LogP contribution in [0, 0.1) is 11.6 Å². The number of benzene rings is 2. The first-order valence-corrected chi connectivity index (χ1v) is 11.1. The summed E-state index contributed by atoms with van der Waals surface area (Å²) in [4.78, 5) is 13.8. The molecule has 0 bridgehead atoms. The Morgan fingerprint density at radius 1 is 0.970 bits per heavy atom. The van der Waals surface area contributed by atoms with Crippen LogP contribution in [0.3, 0.4) is 0 Å². The second-order valence-electron chi connectivity index (χ2n) is 8.29. The van der Waals surface area contributed by atoms with Crippen molar-refractivity contribution >= 4 is 16.7 Å². The average Bonchev–Trinajstić information content (AvgIpc) is 2.86. The maximum Gasteiger partial charge on any atom is 0.166 e. The van der Waals surface area contributed by atoms with E-state index in [1.54, 1.807) is 37.7 Å². The Balaban J connectivity index is 1.72. The summed E-state index contributed by atoms with van der Waals surface area (Å²) in [6.07, 6.45) is 9.10. The van der Waals surface area contributed by atoms with Crippen LogP contribution in [-0.2, 0) is 0 Å². The normalized spacial score (nSPS) is 14.4. The third-order valence-corrected chi connectivity index (χ3v) is 6.11. The highest BCUT2D eigenvalue weighted by Gasteiger charge is 2.20. The summed E-state index contributed by atoms with van der Waals surface area (Å²) in [6, 6.07) is 11.7. The Kier molecular flexibility index (Phi) is 5.86. The van der Waals surface area contributed by atoms with E-state index in [1.165, 1.54) is 25.3 Å². The number of rotatable bonds is 5. The van der Waals surface area contributed by atoms with E-state index in [0.717, 1.165) is 24.5 Å². The predicted octanol–water partition coefficient (Wildman–Crippen LogP) is 6.39. The van der Waals surface area contributed by atoms with Crippen molar-refractivity contribution in [3.8, 4) is 28.3 Å². The lowest BCUT2D eigenvalue weighted by molar-refractivity contribution is 0.419. The van der Waals surface area contributed by atoms with E-state index >= 15 is 0 Å². The monoisotopic (exact) mass is 446 g/mol. The molecule has 0 spiro atoms. The number of nitrogens with zero attached hydrogens (tertiary/aromatic N) is 3. The van der Waals surface area contributed by atoms with Crippen LogP contribution < -0.4 is 10.1 Å². The number of anilines is 1. The van der Waals surface area contributed by atoms with Crippen LogP contribution in [-0.4, -0.2) is 28.1 Å². The molecule has 1 N–H and O–H groups in total. The summed E-state index contributed by atoms with van der Waals surface area (Å²) >= 11 is 0. The van der Waals surface area contributed by atoms with Crippen molar-refractivity contribution in [2.45, 2.75) is 38.1 Å². The molecule has 168 valence electrons. The van der Waals surface area contributed by atoms with Crippen LogP contribution in [0.2, 0.25) is 0 Å². The minimum Gasteiger partial charge on any atom is -0.494 e. The number of pyridine rings is 1. The van der Waals surface area contributed by atoms with Crippen LogP contribution in [0.5, 0.6) is 5.75 Å². The van der Waals surface area contributed by atoms with Gasteiger partial charge >= 0.3 is 0 Å². The van der Waals surface area contributed by atoms with Crippen molar-refractivity contribution < 1.29 is 13.5 Å². The topological polar surface area (TPSA) is 59.9 Å². The van der Waals surface area contributed by atoms with Crippen molar-refractivity contribution in [3.05, 3.63) is 66.5 Å². The molecule has 1 fully saturated rings. The van der Waals surface area contributed by atoms with Crippen molar-refractivity contribution in [2.24, 2.45) is 0 Å². The largest absolute Gasteiger partial charge is 0.494 e. The van der Waals surface area contributed by atoms with Gasteiger partial charge in [-0.2, -0.15) is 0 Å². The Morgan fingerprint density at radius 2 is 1.82 bits per heavy atom. The van der Waals surface area contributed by atoms with Crippen LogP contribution in [0.4, 0.5) is 14.6 Å². The quantitative estimate of drug-likeness (QED) is 0.385. The Labute approximate surface area is 190 Å². The van der Waals surface area contributed by atoms with E-state index in [1.807, 2.05) is 12.1 Å². The Bertz CT molecular complexity index is 1290. The highest BCUT2D eigenvalue weighted by molar-refractivity contribution is 5.98. The molecule has 33 heavy (non-hydrogen) atoms. The molecule has 0 amide bonds. The van der Waals surface area contributed by atoms with Gasteiger partial charge in [0.05, 0.1) is 7.11 Å². The van der Waals surface area contributed by atoms with E-state index in [9.17, 15) is 8.78 Å². The summed E-state index contributed by atoms with van der Waals surface area (Å²) in [5.74, 6) is -0.145. The molecule has 1 aliphatic carbocycles.